The van der Waals surface area contributed by atoms with E-state index in [1.165, 1.54) is 51.4 Å². The van der Waals surface area contributed by atoms with E-state index in [1.807, 2.05) is 12.1 Å². The van der Waals surface area contributed by atoms with Gasteiger partial charge in [-0.05, 0) is 44.2 Å². The third-order valence-electron chi connectivity index (χ3n) is 7.23. The summed E-state index contributed by atoms with van der Waals surface area (Å²) in [5, 5.41) is 7.58. The van der Waals surface area contributed by atoms with Gasteiger partial charge in [-0.15, -0.1) is 24.0 Å². The number of fused-ring (bicyclic) bond motifs is 2. The molecule has 5 nitrogen and oxygen atoms in total. The third-order valence-corrected chi connectivity index (χ3v) is 7.23. The minimum absolute atomic E-state index is 0. The first-order valence-electron chi connectivity index (χ1n) is 10.6. The number of furan rings is 1. The second-order valence-electron chi connectivity index (χ2n) is 8.64. The van der Waals surface area contributed by atoms with Crippen molar-refractivity contribution in [2.24, 2.45) is 16.3 Å². The molecule has 0 aromatic carbocycles. The molecule has 3 unspecified atom stereocenters. The average Bonchev–Trinajstić information content (AvgIpc) is 3.33. The van der Waals surface area contributed by atoms with Gasteiger partial charge in [0.05, 0.1) is 12.4 Å². The van der Waals surface area contributed by atoms with Crippen LogP contribution in [0.5, 0.6) is 0 Å². The van der Waals surface area contributed by atoms with Gasteiger partial charge in [0, 0.05) is 43.0 Å². The van der Waals surface area contributed by atoms with Gasteiger partial charge in [-0.3, -0.25) is 4.99 Å². The van der Waals surface area contributed by atoms with E-state index >= 15 is 0 Å². The van der Waals surface area contributed by atoms with Crippen molar-refractivity contribution in [3.05, 3.63) is 24.2 Å². The molecule has 150 valence electrons. The Morgan fingerprint density at radius 1 is 1.15 bits per heavy atom. The van der Waals surface area contributed by atoms with Gasteiger partial charge < -0.3 is 19.8 Å². The third kappa shape index (κ3) is 3.63. The largest absolute Gasteiger partial charge is 0.469 e. The molecule has 4 aliphatic rings. The van der Waals surface area contributed by atoms with Crippen molar-refractivity contribution in [2.45, 2.75) is 76.0 Å². The van der Waals surface area contributed by atoms with Gasteiger partial charge in [-0.2, -0.15) is 0 Å². The molecule has 6 heteroatoms. The number of rotatable bonds is 5. The normalized spacial score (nSPS) is 31.7. The number of hydrogen-bond acceptors (Lipinski definition) is 3. The number of guanidine groups is 1. The molecule has 0 amide bonds. The summed E-state index contributed by atoms with van der Waals surface area (Å²) in [6, 6.07) is 5.10. The van der Waals surface area contributed by atoms with E-state index in [1.54, 1.807) is 6.26 Å². The van der Waals surface area contributed by atoms with Crippen molar-refractivity contribution in [1.82, 2.24) is 10.6 Å². The summed E-state index contributed by atoms with van der Waals surface area (Å²) < 4.78 is 11.5. The number of nitrogens with zero attached hydrogens (tertiary/aromatic N) is 1. The van der Waals surface area contributed by atoms with E-state index in [2.05, 4.69) is 10.6 Å². The molecule has 2 N–H and O–H groups in total. The van der Waals surface area contributed by atoms with Gasteiger partial charge in [-0.25, -0.2) is 0 Å². The minimum Gasteiger partial charge on any atom is -0.469 e. The average molecular weight is 485 g/mol. The van der Waals surface area contributed by atoms with Crippen molar-refractivity contribution >= 4 is 29.9 Å². The van der Waals surface area contributed by atoms with Crippen LogP contribution in [0.3, 0.4) is 0 Å². The van der Waals surface area contributed by atoms with Crippen LogP contribution >= 0.6 is 24.0 Å². The second-order valence-corrected chi connectivity index (χ2v) is 8.64. The molecule has 1 aromatic heterocycles. The molecular formula is C21H32IN3O2. The predicted octanol–water partition coefficient (Wildman–Crippen LogP) is 3.88. The smallest absolute Gasteiger partial charge is 0.191 e. The van der Waals surface area contributed by atoms with Gasteiger partial charge >= 0.3 is 0 Å². The molecule has 3 saturated carbocycles. The molecule has 2 heterocycles. The van der Waals surface area contributed by atoms with E-state index < -0.39 is 0 Å². The Morgan fingerprint density at radius 3 is 2.70 bits per heavy atom. The van der Waals surface area contributed by atoms with Crippen molar-refractivity contribution < 1.29 is 9.15 Å². The number of hydrogen-bond donors (Lipinski definition) is 2. The maximum atomic E-state index is 6.07. The van der Waals surface area contributed by atoms with Crippen LogP contribution in [0, 0.1) is 11.3 Å². The standard InChI is InChI=1S/C21H31N3O2.HI/c1-2-6-15(5-1)23-20(22-12-8-16-7-3-13-25-16)24-18-17-9-14-26-19(17)21(18)10-4-11-21;/h3,7,13,15,17-19H,1-2,4-6,8-12,14H2,(H2,22,23,24);1H. The molecule has 3 atom stereocenters. The van der Waals surface area contributed by atoms with Crippen molar-refractivity contribution in [2.75, 3.05) is 13.2 Å². The maximum Gasteiger partial charge on any atom is 0.191 e. The fraction of sp³-hybridized carbons (Fsp3) is 0.762. The van der Waals surface area contributed by atoms with Crippen molar-refractivity contribution in [3.63, 3.8) is 0 Å². The molecular weight excluding hydrogens is 453 g/mol. The zero-order valence-electron chi connectivity index (χ0n) is 16.0. The highest BCUT2D eigenvalue weighted by atomic mass is 127. The van der Waals surface area contributed by atoms with Crippen molar-refractivity contribution in [3.8, 4) is 0 Å². The van der Waals surface area contributed by atoms with E-state index in [9.17, 15) is 0 Å². The van der Waals surface area contributed by atoms with E-state index in [-0.39, 0.29) is 24.0 Å². The van der Waals surface area contributed by atoms with Gasteiger partial charge in [-0.1, -0.05) is 19.3 Å². The Morgan fingerprint density at radius 2 is 2.00 bits per heavy atom. The van der Waals surface area contributed by atoms with Crippen LogP contribution in [0.15, 0.2) is 27.8 Å². The van der Waals surface area contributed by atoms with Crippen LogP contribution in [0.4, 0.5) is 0 Å². The van der Waals surface area contributed by atoms with Crippen LogP contribution in [-0.2, 0) is 11.2 Å². The lowest BCUT2D eigenvalue weighted by Gasteiger charge is -2.63. The number of ether oxygens (including phenoxy) is 1. The summed E-state index contributed by atoms with van der Waals surface area (Å²) >= 11 is 0. The van der Waals surface area contributed by atoms with Crippen LogP contribution in [-0.4, -0.2) is 37.3 Å². The van der Waals surface area contributed by atoms with Crippen LogP contribution in [0.25, 0.3) is 0 Å². The molecule has 0 radical (unpaired) electrons. The Balaban J connectivity index is 0.00000180. The molecule has 27 heavy (non-hydrogen) atoms. The fourth-order valence-electron chi connectivity index (χ4n) is 5.73. The summed E-state index contributed by atoms with van der Waals surface area (Å²) in [5.74, 6) is 2.71. The van der Waals surface area contributed by atoms with E-state index in [0.717, 1.165) is 31.3 Å². The lowest BCUT2D eigenvalue weighted by Crippen LogP contribution is -2.72. The lowest BCUT2D eigenvalue weighted by atomic mass is 9.46. The van der Waals surface area contributed by atoms with Crippen LogP contribution in [0.2, 0.25) is 0 Å². The van der Waals surface area contributed by atoms with Gasteiger partial charge in [0.1, 0.15) is 5.76 Å². The summed E-state index contributed by atoms with van der Waals surface area (Å²) in [6.07, 6.45) is 13.5. The Labute approximate surface area is 179 Å². The highest BCUT2D eigenvalue weighted by molar-refractivity contribution is 14.0. The fourth-order valence-corrected chi connectivity index (χ4v) is 5.73. The number of aliphatic imine (C=N–C) groups is 1. The first kappa shape index (κ1) is 19.6. The van der Waals surface area contributed by atoms with E-state index in [0.29, 0.717) is 29.5 Å². The molecule has 0 bridgehead atoms. The topological polar surface area (TPSA) is 58.8 Å². The first-order valence-corrected chi connectivity index (χ1v) is 10.6. The van der Waals surface area contributed by atoms with Crippen LogP contribution < -0.4 is 10.6 Å². The second kappa shape index (κ2) is 8.31. The summed E-state index contributed by atoms with van der Waals surface area (Å²) in [7, 11) is 0. The monoisotopic (exact) mass is 485 g/mol. The number of halogens is 1. The quantitative estimate of drug-likeness (QED) is 0.378. The van der Waals surface area contributed by atoms with Gasteiger partial charge in [0.2, 0.25) is 0 Å². The number of nitrogens with one attached hydrogen (secondary N) is 2. The summed E-state index contributed by atoms with van der Waals surface area (Å²) in [5.41, 5.74) is 0.389. The lowest BCUT2D eigenvalue weighted by molar-refractivity contribution is -0.171. The Bertz CT molecular complexity index is 638. The molecule has 1 aromatic rings. The Hall–Kier alpha value is -0.760. The van der Waals surface area contributed by atoms with Gasteiger partial charge in [0.25, 0.3) is 0 Å². The van der Waals surface area contributed by atoms with Crippen molar-refractivity contribution in [1.29, 1.82) is 0 Å². The molecule has 1 spiro atoms. The highest BCUT2D eigenvalue weighted by Gasteiger charge is 2.66. The van der Waals surface area contributed by atoms with Crippen LogP contribution in [0.1, 0.15) is 57.1 Å². The first-order chi connectivity index (χ1) is 12.9. The van der Waals surface area contributed by atoms with E-state index in [4.69, 9.17) is 14.1 Å². The zero-order valence-corrected chi connectivity index (χ0v) is 18.3. The molecule has 5 rings (SSSR count). The highest BCUT2D eigenvalue weighted by Crippen LogP contribution is 2.62. The summed E-state index contributed by atoms with van der Waals surface area (Å²) in [6.45, 7) is 1.70. The Kier molecular flexibility index (Phi) is 6.02. The van der Waals surface area contributed by atoms with Gasteiger partial charge in [0.15, 0.2) is 5.96 Å². The zero-order chi connectivity index (χ0) is 17.4. The molecule has 1 saturated heterocycles. The molecule has 3 aliphatic carbocycles. The molecule has 4 fully saturated rings. The molecule has 1 aliphatic heterocycles. The SMILES string of the molecule is I.c1coc(CCN=C(NC2CCCC2)NC2C3CCOC3C23CCC3)c1. The summed E-state index contributed by atoms with van der Waals surface area (Å²) in [4.78, 5) is 4.92. The predicted molar refractivity (Wildman–Crippen MR) is 117 cm³/mol. The maximum absolute atomic E-state index is 6.07. The minimum atomic E-state index is 0.